The van der Waals surface area contributed by atoms with Crippen molar-refractivity contribution in [1.82, 2.24) is 10.6 Å². The molecule has 0 fully saturated rings. The van der Waals surface area contributed by atoms with Gasteiger partial charge in [0.15, 0.2) is 0 Å². The summed E-state index contributed by atoms with van der Waals surface area (Å²) < 4.78 is 1.06. The zero-order valence-electron chi connectivity index (χ0n) is 11.0. The summed E-state index contributed by atoms with van der Waals surface area (Å²) in [5.74, 6) is 0.114. The van der Waals surface area contributed by atoms with Gasteiger partial charge in [-0.15, -0.1) is 0 Å². The molecule has 0 bridgehead atoms. The molecular formula is C14H21BrN2O. The maximum Gasteiger partial charge on any atom is 0.220 e. The van der Waals surface area contributed by atoms with Gasteiger partial charge in [-0.25, -0.2) is 0 Å². The molecule has 4 heteroatoms. The van der Waals surface area contributed by atoms with E-state index in [0.717, 1.165) is 17.4 Å². The van der Waals surface area contributed by atoms with Gasteiger partial charge in [-0.1, -0.05) is 35.0 Å². The van der Waals surface area contributed by atoms with E-state index in [1.165, 1.54) is 5.56 Å². The first-order chi connectivity index (χ1) is 8.61. The van der Waals surface area contributed by atoms with Crippen LogP contribution in [0.1, 0.15) is 25.8 Å². The molecule has 0 saturated carbocycles. The summed E-state index contributed by atoms with van der Waals surface area (Å²) >= 11 is 3.39. The van der Waals surface area contributed by atoms with Crippen LogP contribution in [-0.4, -0.2) is 25.0 Å². The molecule has 0 aliphatic rings. The predicted octanol–water partition coefficient (Wildman–Crippen LogP) is 2.50. The van der Waals surface area contributed by atoms with Crippen LogP contribution in [0.15, 0.2) is 28.7 Å². The number of amides is 1. The largest absolute Gasteiger partial charge is 0.355 e. The van der Waals surface area contributed by atoms with Crippen molar-refractivity contribution in [3.05, 3.63) is 34.3 Å². The van der Waals surface area contributed by atoms with Crippen molar-refractivity contribution >= 4 is 21.8 Å². The van der Waals surface area contributed by atoms with Crippen LogP contribution >= 0.6 is 15.9 Å². The first-order valence-corrected chi connectivity index (χ1v) is 7.15. The van der Waals surface area contributed by atoms with Crippen LogP contribution < -0.4 is 10.6 Å². The lowest BCUT2D eigenvalue weighted by Gasteiger charge is -2.13. The highest BCUT2D eigenvalue weighted by molar-refractivity contribution is 9.10. The molecule has 1 atom stereocenters. The number of hydrogen-bond acceptors (Lipinski definition) is 2. The molecular weight excluding hydrogens is 292 g/mol. The first-order valence-electron chi connectivity index (χ1n) is 6.36. The lowest BCUT2D eigenvalue weighted by Crippen LogP contribution is -2.38. The molecule has 3 nitrogen and oxygen atoms in total. The van der Waals surface area contributed by atoms with Crippen LogP contribution in [0.3, 0.4) is 0 Å². The van der Waals surface area contributed by atoms with E-state index in [2.05, 4.69) is 40.4 Å². The average Bonchev–Trinajstić information content (AvgIpc) is 2.36. The fraction of sp³-hybridized carbons (Fsp3) is 0.500. The Kier molecular flexibility index (Phi) is 6.98. The van der Waals surface area contributed by atoms with Gasteiger partial charge in [0.2, 0.25) is 5.91 Å². The molecule has 2 N–H and O–H groups in total. The molecule has 0 spiro atoms. The van der Waals surface area contributed by atoms with E-state index in [4.69, 9.17) is 0 Å². The zero-order chi connectivity index (χ0) is 13.4. The van der Waals surface area contributed by atoms with Crippen molar-refractivity contribution < 1.29 is 4.79 Å². The highest BCUT2D eigenvalue weighted by Crippen LogP contribution is 2.11. The van der Waals surface area contributed by atoms with Crippen LogP contribution in [0, 0.1) is 0 Å². The van der Waals surface area contributed by atoms with E-state index in [9.17, 15) is 4.79 Å². The summed E-state index contributed by atoms with van der Waals surface area (Å²) in [6, 6.07) is 8.41. The molecule has 0 heterocycles. The smallest absolute Gasteiger partial charge is 0.220 e. The molecule has 1 aromatic carbocycles. The minimum atomic E-state index is 0.114. The lowest BCUT2D eigenvalue weighted by atomic mass is 10.1. The summed E-state index contributed by atoms with van der Waals surface area (Å²) in [5.41, 5.74) is 1.19. The third-order valence-electron chi connectivity index (χ3n) is 2.71. The number of likely N-dealkylation sites (N-methyl/N-ethyl adjacent to an activating group) is 1. The number of carbonyl (C=O) groups is 1. The average molecular weight is 313 g/mol. The van der Waals surface area contributed by atoms with Crippen molar-refractivity contribution in [2.24, 2.45) is 0 Å². The lowest BCUT2D eigenvalue weighted by molar-refractivity contribution is -0.121. The van der Waals surface area contributed by atoms with Crippen LogP contribution in [0.4, 0.5) is 0 Å². The van der Waals surface area contributed by atoms with Crippen LogP contribution in [0.25, 0.3) is 0 Å². The second kappa shape index (κ2) is 8.27. The number of nitrogens with one attached hydrogen (secondary N) is 2. The topological polar surface area (TPSA) is 41.1 Å². The summed E-state index contributed by atoms with van der Waals surface area (Å²) in [7, 11) is 0. The highest BCUT2D eigenvalue weighted by Gasteiger charge is 2.04. The van der Waals surface area contributed by atoms with Gasteiger partial charge in [0.1, 0.15) is 0 Å². The van der Waals surface area contributed by atoms with Gasteiger partial charge >= 0.3 is 0 Å². The number of benzene rings is 1. The fourth-order valence-electron chi connectivity index (χ4n) is 1.68. The highest BCUT2D eigenvalue weighted by atomic mass is 79.9. The number of rotatable bonds is 7. The third-order valence-corrected chi connectivity index (χ3v) is 3.24. The zero-order valence-corrected chi connectivity index (χ0v) is 12.6. The quantitative estimate of drug-likeness (QED) is 0.812. The van der Waals surface area contributed by atoms with Gasteiger partial charge < -0.3 is 10.6 Å². The SMILES string of the molecule is CCN[C@H](C)CNC(=O)CCc1ccc(Br)cc1. The summed E-state index contributed by atoms with van der Waals surface area (Å²) in [4.78, 5) is 11.6. The Morgan fingerprint density at radius 3 is 2.61 bits per heavy atom. The van der Waals surface area contributed by atoms with Gasteiger partial charge in [0.05, 0.1) is 0 Å². The minimum Gasteiger partial charge on any atom is -0.355 e. The maximum absolute atomic E-state index is 11.6. The van der Waals surface area contributed by atoms with Gasteiger partial charge in [0.25, 0.3) is 0 Å². The van der Waals surface area contributed by atoms with E-state index in [0.29, 0.717) is 19.0 Å². The Bertz CT molecular complexity index is 365. The normalized spacial score (nSPS) is 12.2. The fourth-order valence-corrected chi connectivity index (χ4v) is 1.95. The van der Waals surface area contributed by atoms with Crippen molar-refractivity contribution in [1.29, 1.82) is 0 Å². The molecule has 0 aliphatic heterocycles. The Morgan fingerprint density at radius 1 is 1.33 bits per heavy atom. The van der Waals surface area contributed by atoms with Gasteiger partial charge in [-0.05, 0) is 37.6 Å². The number of hydrogen-bond donors (Lipinski definition) is 2. The van der Waals surface area contributed by atoms with Gasteiger partial charge in [-0.2, -0.15) is 0 Å². The minimum absolute atomic E-state index is 0.114. The Labute approximate surface area is 117 Å². The number of halogens is 1. The molecule has 0 radical (unpaired) electrons. The van der Waals surface area contributed by atoms with Crippen LogP contribution in [0.5, 0.6) is 0 Å². The Balaban J connectivity index is 2.22. The van der Waals surface area contributed by atoms with Crippen LogP contribution in [0.2, 0.25) is 0 Å². The summed E-state index contributed by atoms with van der Waals surface area (Å²) in [6.07, 6.45) is 1.33. The second-order valence-electron chi connectivity index (χ2n) is 4.39. The third kappa shape index (κ3) is 6.17. The molecule has 18 heavy (non-hydrogen) atoms. The summed E-state index contributed by atoms with van der Waals surface area (Å²) in [5, 5.41) is 6.20. The molecule has 1 aromatic rings. The van der Waals surface area contributed by atoms with E-state index < -0.39 is 0 Å². The van der Waals surface area contributed by atoms with Crippen molar-refractivity contribution in [2.45, 2.75) is 32.7 Å². The number of aryl methyl sites for hydroxylation is 1. The molecule has 0 aliphatic carbocycles. The van der Waals surface area contributed by atoms with E-state index in [1.54, 1.807) is 0 Å². The van der Waals surface area contributed by atoms with E-state index in [1.807, 2.05) is 24.3 Å². The molecule has 100 valence electrons. The van der Waals surface area contributed by atoms with Crippen molar-refractivity contribution in [2.75, 3.05) is 13.1 Å². The molecule has 1 amide bonds. The molecule has 0 unspecified atom stereocenters. The standard InChI is InChI=1S/C14H21BrN2O/c1-3-16-11(2)10-17-14(18)9-6-12-4-7-13(15)8-5-12/h4-5,7-8,11,16H,3,6,9-10H2,1-2H3,(H,17,18)/t11-/m1/s1. The maximum atomic E-state index is 11.6. The first kappa shape index (κ1) is 15.2. The van der Waals surface area contributed by atoms with Gasteiger partial charge in [-0.3, -0.25) is 4.79 Å². The van der Waals surface area contributed by atoms with Gasteiger partial charge in [0, 0.05) is 23.5 Å². The number of carbonyl (C=O) groups excluding carboxylic acids is 1. The molecule has 0 saturated heterocycles. The van der Waals surface area contributed by atoms with E-state index >= 15 is 0 Å². The second-order valence-corrected chi connectivity index (χ2v) is 5.30. The predicted molar refractivity (Wildman–Crippen MR) is 78.6 cm³/mol. The van der Waals surface area contributed by atoms with Crippen molar-refractivity contribution in [3.63, 3.8) is 0 Å². The van der Waals surface area contributed by atoms with Crippen LogP contribution in [-0.2, 0) is 11.2 Å². The molecule has 1 rings (SSSR count). The van der Waals surface area contributed by atoms with Crippen molar-refractivity contribution in [3.8, 4) is 0 Å². The Morgan fingerprint density at radius 2 is 2.00 bits per heavy atom. The molecule has 0 aromatic heterocycles. The summed E-state index contributed by atoms with van der Waals surface area (Å²) in [6.45, 7) is 5.74. The van der Waals surface area contributed by atoms with E-state index in [-0.39, 0.29) is 5.91 Å². The Hall–Kier alpha value is -0.870. The monoisotopic (exact) mass is 312 g/mol.